The van der Waals surface area contributed by atoms with Crippen molar-refractivity contribution in [3.8, 4) is 0 Å². The Balaban J connectivity index is 1.63. The van der Waals surface area contributed by atoms with Crippen LogP contribution in [-0.2, 0) is 0 Å². The average molecular weight is 260 g/mol. The van der Waals surface area contributed by atoms with E-state index in [1.54, 1.807) is 0 Å². The average Bonchev–Trinajstić information content (AvgIpc) is 3.10. The van der Waals surface area contributed by atoms with Crippen LogP contribution in [0.1, 0.15) is 37.9 Å². The number of rotatable bonds is 3. The molecule has 1 aromatic rings. The molecule has 1 unspecified atom stereocenters. The maximum atomic E-state index is 9.55. The van der Waals surface area contributed by atoms with Crippen molar-refractivity contribution in [1.29, 1.82) is 0 Å². The Bertz CT molecular complexity index is 409. The van der Waals surface area contributed by atoms with Crippen molar-refractivity contribution >= 4 is 5.69 Å². The molecule has 0 radical (unpaired) electrons. The molecule has 2 heterocycles. The standard InChI is InChI=1S/C16H24N2O/c1-13(19)14-4-6-15(7-5-14)18-11-8-16(12-18)17-9-2-3-10-17/h4-7,13,16,19H,2-3,8-12H2,1H3/t13-,16?/m0/s1. The summed E-state index contributed by atoms with van der Waals surface area (Å²) in [5, 5.41) is 9.55. The van der Waals surface area contributed by atoms with Crippen molar-refractivity contribution in [3.05, 3.63) is 29.8 Å². The second kappa shape index (κ2) is 5.51. The molecule has 0 bridgehead atoms. The van der Waals surface area contributed by atoms with Crippen LogP contribution in [0.4, 0.5) is 5.69 Å². The lowest BCUT2D eigenvalue weighted by molar-refractivity contribution is 0.199. The molecule has 2 fully saturated rings. The zero-order valence-corrected chi connectivity index (χ0v) is 11.8. The summed E-state index contributed by atoms with van der Waals surface area (Å²) < 4.78 is 0. The molecule has 1 N–H and O–H groups in total. The monoisotopic (exact) mass is 260 g/mol. The zero-order chi connectivity index (χ0) is 13.2. The Morgan fingerprint density at radius 2 is 1.79 bits per heavy atom. The van der Waals surface area contributed by atoms with Crippen molar-refractivity contribution < 1.29 is 5.11 Å². The van der Waals surface area contributed by atoms with Gasteiger partial charge in [0.05, 0.1) is 6.10 Å². The van der Waals surface area contributed by atoms with E-state index in [9.17, 15) is 5.11 Å². The molecule has 0 saturated carbocycles. The third kappa shape index (κ3) is 2.77. The second-order valence-electron chi connectivity index (χ2n) is 5.90. The van der Waals surface area contributed by atoms with E-state index in [4.69, 9.17) is 0 Å². The predicted molar refractivity (Wildman–Crippen MR) is 78.5 cm³/mol. The first-order valence-electron chi connectivity index (χ1n) is 7.51. The van der Waals surface area contributed by atoms with Gasteiger partial charge in [-0.3, -0.25) is 4.90 Å². The Morgan fingerprint density at radius 3 is 2.42 bits per heavy atom. The van der Waals surface area contributed by atoms with Gasteiger partial charge in [0.15, 0.2) is 0 Å². The molecular formula is C16H24N2O. The minimum Gasteiger partial charge on any atom is -0.389 e. The normalized spacial score (nSPS) is 26.0. The van der Waals surface area contributed by atoms with Crippen LogP contribution in [0.25, 0.3) is 0 Å². The van der Waals surface area contributed by atoms with Gasteiger partial charge < -0.3 is 10.0 Å². The summed E-state index contributed by atoms with van der Waals surface area (Å²) in [6.07, 6.45) is 3.67. The molecule has 3 heteroatoms. The van der Waals surface area contributed by atoms with Crippen LogP contribution in [0.2, 0.25) is 0 Å². The highest BCUT2D eigenvalue weighted by atomic mass is 16.3. The molecule has 1 aromatic carbocycles. The topological polar surface area (TPSA) is 26.7 Å². The predicted octanol–water partition coefficient (Wildman–Crippen LogP) is 2.41. The Morgan fingerprint density at radius 1 is 1.11 bits per heavy atom. The SMILES string of the molecule is C[C@H](O)c1ccc(N2CCC(N3CCCC3)C2)cc1. The van der Waals surface area contributed by atoms with Crippen molar-refractivity contribution in [2.75, 3.05) is 31.1 Å². The summed E-state index contributed by atoms with van der Waals surface area (Å²) in [7, 11) is 0. The number of likely N-dealkylation sites (tertiary alicyclic amines) is 1. The summed E-state index contributed by atoms with van der Waals surface area (Å²) >= 11 is 0. The summed E-state index contributed by atoms with van der Waals surface area (Å²) in [4.78, 5) is 5.14. The molecule has 19 heavy (non-hydrogen) atoms. The molecule has 0 amide bonds. The summed E-state index contributed by atoms with van der Waals surface area (Å²) in [5.74, 6) is 0. The van der Waals surface area contributed by atoms with Crippen LogP contribution in [0, 0.1) is 0 Å². The lowest BCUT2D eigenvalue weighted by Gasteiger charge is -2.24. The molecule has 0 aliphatic carbocycles. The van der Waals surface area contributed by atoms with Crippen LogP contribution in [0.3, 0.4) is 0 Å². The van der Waals surface area contributed by atoms with Gasteiger partial charge in [0.1, 0.15) is 0 Å². The molecule has 2 saturated heterocycles. The van der Waals surface area contributed by atoms with E-state index in [0.29, 0.717) is 0 Å². The molecule has 2 atom stereocenters. The van der Waals surface area contributed by atoms with Gasteiger partial charge in [0.2, 0.25) is 0 Å². The minimum atomic E-state index is -0.370. The van der Waals surface area contributed by atoms with Gasteiger partial charge in [-0.2, -0.15) is 0 Å². The number of nitrogens with zero attached hydrogens (tertiary/aromatic N) is 2. The summed E-state index contributed by atoms with van der Waals surface area (Å²) in [5.41, 5.74) is 2.30. The van der Waals surface area contributed by atoms with Gasteiger partial charge in [-0.25, -0.2) is 0 Å². The summed E-state index contributed by atoms with van der Waals surface area (Å²) in [6.45, 7) is 6.72. The van der Waals surface area contributed by atoms with Gasteiger partial charge in [-0.05, 0) is 57.0 Å². The third-order valence-electron chi connectivity index (χ3n) is 4.56. The molecule has 3 rings (SSSR count). The Labute approximate surface area is 115 Å². The fourth-order valence-electron chi connectivity index (χ4n) is 3.34. The van der Waals surface area contributed by atoms with Crippen molar-refractivity contribution in [3.63, 3.8) is 0 Å². The molecule has 104 valence electrons. The smallest absolute Gasteiger partial charge is 0.0761 e. The van der Waals surface area contributed by atoms with E-state index in [0.717, 1.165) is 24.7 Å². The van der Waals surface area contributed by atoms with Gasteiger partial charge in [0, 0.05) is 24.8 Å². The number of anilines is 1. The van der Waals surface area contributed by atoms with Crippen LogP contribution in [-0.4, -0.2) is 42.2 Å². The van der Waals surface area contributed by atoms with E-state index in [-0.39, 0.29) is 6.10 Å². The number of aliphatic hydroxyl groups is 1. The zero-order valence-electron chi connectivity index (χ0n) is 11.8. The van der Waals surface area contributed by atoms with Crippen LogP contribution >= 0.6 is 0 Å². The molecule has 2 aliphatic heterocycles. The lowest BCUT2D eigenvalue weighted by atomic mass is 10.1. The van der Waals surface area contributed by atoms with E-state index in [1.165, 1.54) is 38.0 Å². The first-order chi connectivity index (χ1) is 9.24. The third-order valence-corrected chi connectivity index (χ3v) is 4.56. The second-order valence-corrected chi connectivity index (χ2v) is 5.90. The molecule has 0 spiro atoms. The quantitative estimate of drug-likeness (QED) is 0.904. The van der Waals surface area contributed by atoms with Gasteiger partial charge >= 0.3 is 0 Å². The van der Waals surface area contributed by atoms with Crippen molar-refractivity contribution in [2.24, 2.45) is 0 Å². The highest BCUT2D eigenvalue weighted by Crippen LogP contribution is 2.26. The first kappa shape index (κ1) is 12.9. The molecule has 3 nitrogen and oxygen atoms in total. The first-order valence-corrected chi connectivity index (χ1v) is 7.51. The van der Waals surface area contributed by atoms with E-state index in [1.807, 2.05) is 19.1 Å². The van der Waals surface area contributed by atoms with E-state index in [2.05, 4.69) is 21.9 Å². The maximum Gasteiger partial charge on any atom is 0.0761 e. The fraction of sp³-hybridized carbons (Fsp3) is 0.625. The van der Waals surface area contributed by atoms with Gasteiger partial charge in [-0.15, -0.1) is 0 Å². The molecular weight excluding hydrogens is 236 g/mol. The molecule has 0 aromatic heterocycles. The lowest BCUT2D eigenvalue weighted by Crippen LogP contribution is -2.35. The van der Waals surface area contributed by atoms with Gasteiger partial charge in [0.25, 0.3) is 0 Å². The largest absolute Gasteiger partial charge is 0.389 e. The number of hydrogen-bond acceptors (Lipinski definition) is 3. The fourth-order valence-corrected chi connectivity index (χ4v) is 3.34. The highest BCUT2D eigenvalue weighted by Gasteiger charge is 2.29. The van der Waals surface area contributed by atoms with Crippen LogP contribution in [0.15, 0.2) is 24.3 Å². The van der Waals surface area contributed by atoms with Crippen molar-refractivity contribution in [1.82, 2.24) is 4.90 Å². The number of benzene rings is 1. The van der Waals surface area contributed by atoms with Crippen LogP contribution < -0.4 is 4.90 Å². The van der Waals surface area contributed by atoms with Crippen molar-refractivity contribution in [2.45, 2.75) is 38.3 Å². The van der Waals surface area contributed by atoms with Gasteiger partial charge in [-0.1, -0.05) is 12.1 Å². The van der Waals surface area contributed by atoms with E-state index >= 15 is 0 Å². The summed E-state index contributed by atoms with van der Waals surface area (Å²) in [6, 6.07) is 9.13. The molecule has 2 aliphatic rings. The Kier molecular flexibility index (Phi) is 3.76. The van der Waals surface area contributed by atoms with E-state index < -0.39 is 0 Å². The maximum absolute atomic E-state index is 9.55. The van der Waals surface area contributed by atoms with Crippen LogP contribution in [0.5, 0.6) is 0 Å². The Hall–Kier alpha value is -1.06. The number of hydrogen-bond donors (Lipinski definition) is 1. The number of aliphatic hydroxyl groups excluding tert-OH is 1. The minimum absolute atomic E-state index is 0.370. The highest BCUT2D eigenvalue weighted by molar-refractivity contribution is 5.49.